The molecule has 0 aromatic heterocycles. The van der Waals surface area contributed by atoms with Crippen LogP contribution in [0.2, 0.25) is 0 Å². The van der Waals surface area contributed by atoms with E-state index < -0.39 is 0 Å². The molecule has 2 radical (unpaired) electrons. The van der Waals surface area contributed by atoms with Gasteiger partial charge >= 0.3 is 0 Å². The molecular weight excluding hydrogens is 258 g/mol. The van der Waals surface area contributed by atoms with Crippen molar-refractivity contribution in [2.24, 2.45) is 0 Å². The van der Waals surface area contributed by atoms with Gasteiger partial charge in [-0.2, -0.15) is 0 Å². The Morgan fingerprint density at radius 1 is 0.500 bits per heavy atom. The van der Waals surface area contributed by atoms with Gasteiger partial charge in [-0.05, 0) is 29.5 Å². The first-order valence-electron chi connectivity index (χ1n) is 6.65. The van der Waals surface area contributed by atoms with Gasteiger partial charge in [-0.1, -0.05) is 66.7 Å². The Balaban J connectivity index is 1.96. The number of hydrogen-bond acceptors (Lipinski definition) is 1. The maximum atomic E-state index is 2.36. The second-order valence-electron chi connectivity index (χ2n) is 4.48. The monoisotopic (exact) mass is 273 g/mol. The molecule has 0 unspecified atom stereocenters. The van der Waals surface area contributed by atoms with E-state index in [2.05, 4.69) is 95.6 Å². The van der Waals surface area contributed by atoms with Crippen molar-refractivity contribution in [3.8, 4) is 0 Å². The van der Waals surface area contributed by atoms with Crippen molar-refractivity contribution in [1.82, 2.24) is 0 Å². The van der Waals surface area contributed by atoms with Gasteiger partial charge in [0.15, 0.2) is 0 Å². The highest BCUT2D eigenvalue weighted by Crippen LogP contribution is 2.23. The molecule has 3 rings (SSSR count). The van der Waals surface area contributed by atoms with Crippen LogP contribution in [0.4, 0.5) is 11.4 Å². The van der Waals surface area contributed by atoms with Gasteiger partial charge in [0.2, 0.25) is 9.68 Å². The van der Waals surface area contributed by atoms with Gasteiger partial charge in [0.05, 0.1) is 0 Å². The number of para-hydroxylation sites is 2. The molecule has 96 valence electrons. The third kappa shape index (κ3) is 2.98. The first-order chi connectivity index (χ1) is 9.93. The summed E-state index contributed by atoms with van der Waals surface area (Å²) >= 11 is 0. The predicted octanol–water partition coefficient (Wildman–Crippen LogP) is 3.77. The lowest BCUT2D eigenvalue weighted by molar-refractivity contribution is 1.40. The van der Waals surface area contributed by atoms with Gasteiger partial charge < -0.3 is 4.57 Å². The zero-order chi connectivity index (χ0) is 13.6. The van der Waals surface area contributed by atoms with Crippen LogP contribution in [0.15, 0.2) is 91.0 Å². The molecule has 2 heteroatoms. The average Bonchev–Trinajstić information content (AvgIpc) is 2.55. The van der Waals surface area contributed by atoms with Crippen LogP contribution in [0.3, 0.4) is 0 Å². The highest BCUT2D eigenvalue weighted by molar-refractivity contribution is 6.59. The van der Waals surface area contributed by atoms with Crippen molar-refractivity contribution < 1.29 is 0 Å². The molecule has 0 atom stereocenters. The van der Waals surface area contributed by atoms with Crippen molar-refractivity contribution in [2.45, 2.75) is 0 Å². The van der Waals surface area contributed by atoms with Crippen LogP contribution in [0.1, 0.15) is 0 Å². The van der Waals surface area contributed by atoms with E-state index in [9.17, 15) is 0 Å². The molecule has 3 aromatic rings. The lowest BCUT2D eigenvalue weighted by atomic mass is 10.3. The topological polar surface area (TPSA) is 3.24 Å². The van der Waals surface area contributed by atoms with Crippen molar-refractivity contribution in [1.29, 1.82) is 0 Å². The quantitative estimate of drug-likeness (QED) is 0.654. The fourth-order valence-corrected chi connectivity index (χ4v) is 3.23. The minimum atomic E-state index is 0.584. The Labute approximate surface area is 122 Å². The molecule has 1 nitrogen and oxygen atoms in total. The smallest absolute Gasteiger partial charge is 0.227 e. The van der Waals surface area contributed by atoms with Crippen molar-refractivity contribution in [2.75, 3.05) is 4.57 Å². The molecule has 0 fully saturated rings. The van der Waals surface area contributed by atoms with E-state index in [1.165, 1.54) is 16.6 Å². The first-order valence-corrected chi connectivity index (χ1v) is 7.60. The normalized spacial score (nSPS) is 10.2. The Bertz CT molecular complexity index is 599. The molecule has 0 heterocycles. The molecule has 0 aliphatic heterocycles. The zero-order valence-corrected chi connectivity index (χ0v) is 12.1. The first kappa shape index (κ1) is 12.7. The summed E-state index contributed by atoms with van der Waals surface area (Å²) in [5, 5.41) is 1.33. The van der Waals surface area contributed by atoms with Gasteiger partial charge in [0, 0.05) is 11.4 Å². The van der Waals surface area contributed by atoms with Crippen LogP contribution >= 0.6 is 0 Å². The Kier molecular flexibility index (Phi) is 3.95. The Morgan fingerprint density at radius 2 is 0.900 bits per heavy atom. The molecule has 0 saturated carbocycles. The third-order valence-electron chi connectivity index (χ3n) is 3.04. The molecule has 0 amide bonds. The summed E-state index contributed by atoms with van der Waals surface area (Å²) in [7, 11) is 0.584. The van der Waals surface area contributed by atoms with Crippen molar-refractivity contribution in [3.05, 3.63) is 91.0 Å². The second kappa shape index (κ2) is 6.22. The van der Waals surface area contributed by atoms with E-state index in [1.54, 1.807) is 0 Å². The van der Waals surface area contributed by atoms with E-state index in [0.29, 0.717) is 9.68 Å². The highest BCUT2D eigenvalue weighted by atomic mass is 28.2. The number of hydrogen-bond donors (Lipinski definition) is 0. The van der Waals surface area contributed by atoms with E-state index in [0.717, 1.165) is 0 Å². The summed E-state index contributed by atoms with van der Waals surface area (Å²) < 4.78 is 2.36. The number of anilines is 2. The van der Waals surface area contributed by atoms with Crippen LogP contribution in [0, 0.1) is 0 Å². The van der Waals surface area contributed by atoms with Gasteiger partial charge in [-0.3, -0.25) is 0 Å². The molecule has 0 spiro atoms. The lowest BCUT2D eigenvalue weighted by Gasteiger charge is -2.24. The minimum Gasteiger partial charge on any atom is -0.364 e. The fraction of sp³-hybridized carbons (Fsp3) is 0. The summed E-state index contributed by atoms with van der Waals surface area (Å²) in [6.07, 6.45) is 0. The molecule has 20 heavy (non-hydrogen) atoms. The summed E-state index contributed by atoms with van der Waals surface area (Å²) in [5.74, 6) is 0. The van der Waals surface area contributed by atoms with Gasteiger partial charge in [0.25, 0.3) is 0 Å². The summed E-state index contributed by atoms with van der Waals surface area (Å²) in [6.45, 7) is 0. The number of nitrogens with zero attached hydrogens (tertiary/aromatic N) is 1. The molecule has 0 aliphatic carbocycles. The molecule has 0 saturated heterocycles. The molecule has 3 aromatic carbocycles. The van der Waals surface area contributed by atoms with E-state index in [1.807, 2.05) is 0 Å². The Hall–Kier alpha value is -2.32. The maximum absolute atomic E-state index is 2.36. The van der Waals surface area contributed by atoms with Crippen LogP contribution in [-0.4, -0.2) is 9.68 Å². The zero-order valence-electron chi connectivity index (χ0n) is 11.1. The van der Waals surface area contributed by atoms with Crippen LogP contribution in [-0.2, 0) is 0 Å². The minimum absolute atomic E-state index is 0.584. The third-order valence-corrected chi connectivity index (χ3v) is 4.38. The SMILES string of the molecule is c1ccc([Si]N(c2ccccc2)c2ccccc2)cc1. The largest absolute Gasteiger partial charge is 0.364 e. The average molecular weight is 273 g/mol. The van der Waals surface area contributed by atoms with Crippen molar-refractivity contribution >= 4 is 26.2 Å². The van der Waals surface area contributed by atoms with E-state index in [4.69, 9.17) is 0 Å². The van der Waals surface area contributed by atoms with Gasteiger partial charge in [-0.15, -0.1) is 0 Å². The van der Waals surface area contributed by atoms with Crippen molar-refractivity contribution in [3.63, 3.8) is 0 Å². The number of rotatable bonds is 4. The second-order valence-corrected chi connectivity index (χ2v) is 5.73. The summed E-state index contributed by atoms with van der Waals surface area (Å²) in [6, 6.07) is 31.7. The van der Waals surface area contributed by atoms with E-state index in [-0.39, 0.29) is 0 Å². The maximum Gasteiger partial charge on any atom is 0.227 e. The fourth-order valence-electron chi connectivity index (χ4n) is 2.07. The molecule has 0 N–H and O–H groups in total. The summed E-state index contributed by atoms with van der Waals surface area (Å²) in [4.78, 5) is 0. The van der Waals surface area contributed by atoms with Gasteiger partial charge in [-0.25, -0.2) is 0 Å². The number of benzene rings is 3. The molecule has 0 aliphatic rings. The molecular formula is C18H15NSi. The highest BCUT2D eigenvalue weighted by Gasteiger charge is 2.10. The van der Waals surface area contributed by atoms with Crippen LogP contribution < -0.4 is 9.75 Å². The van der Waals surface area contributed by atoms with Gasteiger partial charge in [0.1, 0.15) is 0 Å². The predicted molar refractivity (Wildman–Crippen MR) is 86.9 cm³/mol. The standard InChI is InChI=1S/C18H15NSi/c1-4-10-16(11-5-1)19(17-12-6-2-7-13-17)20-18-14-8-3-9-15-18/h1-15H. The van der Waals surface area contributed by atoms with Crippen LogP contribution in [0.5, 0.6) is 0 Å². The Morgan fingerprint density at radius 3 is 1.35 bits per heavy atom. The summed E-state index contributed by atoms with van der Waals surface area (Å²) in [5.41, 5.74) is 2.45. The van der Waals surface area contributed by atoms with Crippen LogP contribution in [0.25, 0.3) is 0 Å². The lowest BCUT2D eigenvalue weighted by Crippen LogP contribution is -2.32. The molecule has 0 bridgehead atoms. The van der Waals surface area contributed by atoms with E-state index >= 15 is 0 Å².